The summed E-state index contributed by atoms with van der Waals surface area (Å²) in [5, 5.41) is 4.66. The predicted molar refractivity (Wildman–Crippen MR) is 101 cm³/mol. The van der Waals surface area contributed by atoms with Crippen LogP contribution in [0.4, 0.5) is 4.79 Å². The Labute approximate surface area is 148 Å². The second-order valence-electron chi connectivity index (χ2n) is 6.14. The van der Waals surface area contributed by atoms with Crippen molar-refractivity contribution in [2.75, 3.05) is 0 Å². The smallest absolute Gasteiger partial charge is 0.284 e. The van der Waals surface area contributed by atoms with Crippen molar-refractivity contribution in [3.63, 3.8) is 0 Å². The van der Waals surface area contributed by atoms with Gasteiger partial charge in [-0.05, 0) is 16.3 Å². The highest BCUT2D eigenvalue weighted by Gasteiger charge is 2.40. The van der Waals surface area contributed by atoms with Crippen LogP contribution in [0.1, 0.15) is 26.7 Å². The number of fused-ring (bicyclic) bond motifs is 3. The van der Waals surface area contributed by atoms with Gasteiger partial charge in [-0.15, -0.1) is 0 Å². The Morgan fingerprint density at radius 1 is 0.800 bits per heavy atom. The number of hydrogen-bond acceptors (Lipinski definition) is 3. The van der Waals surface area contributed by atoms with Gasteiger partial charge in [0, 0.05) is 16.7 Å². The van der Waals surface area contributed by atoms with Crippen molar-refractivity contribution in [2.45, 2.75) is 5.25 Å². The minimum Gasteiger partial charge on any atom is -0.316 e. The molecule has 0 radical (unpaired) electrons. The lowest BCUT2D eigenvalue weighted by Gasteiger charge is -2.25. The van der Waals surface area contributed by atoms with Crippen molar-refractivity contribution in [2.24, 2.45) is 0 Å². The molecule has 0 saturated heterocycles. The van der Waals surface area contributed by atoms with Gasteiger partial charge in [-0.25, -0.2) is 0 Å². The molecule has 3 aromatic rings. The molecule has 1 aliphatic heterocycles. The summed E-state index contributed by atoms with van der Waals surface area (Å²) in [7, 11) is 0. The van der Waals surface area contributed by atoms with E-state index in [0.29, 0.717) is 16.8 Å². The molecule has 0 aromatic heterocycles. The van der Waals surface area contributed by atoms with Gasteiger partial charge in [0.2, 0.25) is 0 Å². The van der Waals surface area contributed by atoms with Crippen LogP contribution in [0.3, 0.4) is 0 Å². The molecule has 1 unspecified atom stereocenters. The molecule has 25 heavy (non-hydrogen) atoms. The van der Waals surface area contributed by atoms with Gasteiger partial charge >= 0.3 is 0 Å². The van der Waals surface area contributed by atoms with E-state index in [-0.39, 0.29) is 16.3 Å². The first-order valence-electron chi connectivity index (χ1n) is 8.07. The minimum absolute atomic E-state index is 0.0102. The average Bonchev–Trinajstić information content (AvgIpc) is 2.93. The Morgan fingerprint density at radius 2 is 1.52 bits per heavy atom. The molecule has 1 heterocycles. The van der Waals surface area contributed by atoms with Crippen LogP contribution in [0.25, 0.3) is 16.5 Å². The van der Waals surface area contributed by atoms with Gasteiger partial charge in [0.1, 0.15) is 0 Å². The Morgan fingerprint density at radius 3 is 2.40 bits per heavy atom. The second-order valence-corrected chi connectivity index (χ2v) is 7.22. The molecular weight excluding hydrogens is 330 g/mol. The van der Waals surface area contributed by atoms with Crippen molar-refractivity contribution in [3.05, 3.63) is 89.0 Å². The molecule has 2 aliphatic rings. The van der Waals surface area contributed by atoms with Crippen LogP contribution in [-0.2, 0) is 0 Å². The summed E-state index contributed by atoms with van der Waals surface area (Å²) < 4.78 is 0. The van der Waals surface area contributed by atoms with E-state index in [0.717, 1.165) is 21.9 Å². The van der Waals surface area contributed by atoms with E-state index in [1.54, 1.807) is 0 Å². The Balaban J connectivity index is 1.76. The molecule has 0 bridgehead atoms. The molecular formula is C21H13NO2S. The van der Waals surface area contributed by atoms with Crippen LogP contribution < -0.4 is 5.32 Å². The van der Waals surface area contributed by atoms with Crippen LogP contribution in [0.15, 0.2) is 72.3 Å². The first-order valence-corrected chi connectivity index (χ1v) is 8.95. The summed E-state index contributed by atoms with van der Waals surface area (Å²) in [6.07, 6.45) is 0. The monoisotopic (exact) mass is 343 g/mol. The number of carbonyl (C=O) groups excluding carboxylic acids is 2. The van der Waals surface area contributed by atoms with Crippen LogP contribution in [0, 0.1) is 0 Å². The molecule has 1 aliphatic carbocycles. The molecule has 1 amide bonds. The van der Waals surface area contributed by atoms with Crippen LogP contribution in [0.5, 0.6) is 0 Å². The third-order valence-corrected chi connectivity index (χ3v) is 5.82. The first-order chi connectivity index (χ1) is 12.2. The molecule has 0 saturated carbocycles. The lowest BCUT2D eigenvalue weighted by Crippen LogP contribution is -2.25. The molecule has 3 nitrogen and oxygen atoms in total. The Bertz CT molecular complexity index is 1090. The Kier molecular flexibility index (Phi) is 3.09. The molecule has 4 heteroatoms. The Hall–Kier alpha value is -2.85. The second kappa shape index (κ2) is 5.33. The highest BCUT2D eigenvalue weighted by Crippen LogP contribution is 2.49. The van der Waals surface area contributed by atoms with Gasteiger partial charge in [0.15, 0.2) is 5.78 Å². The number of hydrogen-bond donors (Lipinski definition) is 1. The quantitative estimate of drug-likeness (QED) is 0.680. The van der Waals surface area contributed by atoms with Gasteiger partial charge in [-0.2, -0.15) is 0 Å². The summed E-state index contributed by atoms with van der Waals surface area (Å²) in [5.41, 5.74) is 3.85. The molecule has 0 fully saturated rings. The highest BCUT2D eigenvalue weighted by molar-refractivity contribution is 8.14. The summed E-state index contributed by atoms with van der Waals surface area (Å²) in [6.45, 7) is 0. The number of Topliss-reactive ketones (excluding diaryl/α,β-unsaturated/α-hetero) is 1. The molecule has 1 N–H and O–H groups in total. The summed E-state index contributed by atoms with van der Waals surface area (Å²) in [4.78, 5) is 25.4. The molecule has 3 aromatic carbocycles. The molecule has 120 valence electrons. The van der Waals surface area contributed by atoms with Crippen molar-refractivity contribution in [1.82, 2.24) is 5.32 Å². The van der Waals surface area contributed by atoms with E-state index in [9.17, 15) is 9.59 Å². The lowest BCUT2D eigenvalue weighted by molar-refractivity contribution is 0.103. The maximum atomic E-state index is 13.0. The highest BCUT2D eigenvalue weighted by atomic mass is 32.2. The zero-order valence-electron chi connectivity index (χ0n) is 13.2. The maximum Gasteiger partial charge on any atom is 0.284 e. The van der Waals surface area contributed by atoms with Crippen molar-refractivity contribution < 1.29 is 9.59 Å². The average molecular weight is 343 g/mol. The topological polar surface area (TPSA) is 46.2 Å². The first kappa shape index (κ1) is 14.5. The fourth-order valence-electron chi connectivity index (χ4n) is 3.68. The minimum atomic E-state index is -0.297. The SMILES string of the molecule is O=C1NC2=C(C(=O)c3ccccc32)C(c2cccc3ccccc23)S1. The fraction of sp³-hybridized carbons (Fsp3) is 0.0476. The maximum absolute atomic E-state index is 13.0. The molecule has 5 rings (SSSR count). The van der Waals surface area contributed by atoms with Crippen LogP contribution in [-0.4, -0.2) is 11.0 Å². The van der Waals surface area contributed by atoms with E-state index in [1.165, 1.54) is 11.8 Å². The summed E-state index contributed by atoms with van der Waals surface area (Å²) >= 11 is 1.18. The predicted octanol–water partition coefficient (Wildman–Crippen LogP) is 4.94. The zero-order chi connectivity index (χ0) is 17.0. The normalized spacial score (nSPS) is 19.0. The zero-order valence-corrected chi connectivity index (χ0v) is 14.0. The van der Waals surface area contributed by atoms with E-state index >= 15 is 0 Å². The number of rotatable bonds is 1. The number of amides is 1. The van der Waals surface area contributed by atoms with Gasteiger partial charge in [-0.1, -0.05) is 78.5 Å². The van der Waals surface area contributed by atoms with E-state index in [1.807, 2.05) is 66.7 Å². The van der Waals surface area contributed by atoms with Gasteiger partial charge < -0.3 is 5.32 Å². The fourth-order valence-corrected chi connectivity index (χ4v) is 4.73. The number of ketones is 1. The molecule has 1 atom stereocenters. The van der Waals surface area contributed by atoms with Crippen molar-refractivity contribution >= 4 is 39.3 Å². The number of carbonyl (C=O) groups is 2. The largest absolute Gasteiger partial charge is 0.316 e. The summed E-state index contributed by atoms with van der Waals surface area (Å²) in [6, 6.07) is 21.6. The van der Waals surface area contributed by atoms with Crippen molar-refractivity contribution in [3.8, 4) is 0 Å². The van der Waals surface area contributed by atoms with E-state index in [2.05, 4.69) is 5.32 Å². The van der Waals surface area contributed by atoms with Crippen LogP contribution >= 0.6 is 11.8 Å². The van der Waals surface area contributed by atoms with Gasteiger partial charge in [0.25, 0.3) is 5.24 Å². The van der Waals surface area contributed by atoms with E-state index < -0.39 is 0 Å². The summed E-state index contributed by atoms with van der Waals surface area (Å²) in [5.74, 6) is 0.0102. The van der Waals surface area contributed by atoms with Gasteiger partial charge in [0.05, 0.1) is 10.9 Å². The third-order valence-electron chi connectivity index (χ3n) is 4.77. The third kappa shape index (κ3) is 2.07. The number of benzene rings is 3. The van der Waals surface area contributed by atoms with Crippen molar-refractivity contribution in [1.29, 1.82) is 0 Å². The molecule has 0 spiro atoms. The number of thioether (sulfide) groups is 1. The number of nitrogens with one attached hydrogen (secondary N) is 1. The lowest BCUT2D eigenvalue weighted by atomic mass is 9.96. The van der Waals surface area contributed by atoms with Crippen LogP contribution in [0.2, 0.25) is 0 Å². The van der Waals surface area contributed by atoms with E-state index in [4.69, 9.17) is 0 Å². The van der Waals surface area contributed by atoms with Gasteiger partial charge in [-0.3, -0.25) is 9.59 Å². The standard InChI is InChI=1S/C21H13NO2S/c23-19-15-10-4-3-9-14(15)18-17(19)20(25-21(24)22-18)16-11-5-7-12-6-1-2-8-13(12)16/h1-11,20H,(H,22,24).